The number of rotatable bonds is 4. The molecular formula is C14H15N3O4. The smallest absolute Gasteiger partial charge is 0.270 e. The Labute approximate surface area is 121 Å². The molecule has 21 heavy (non-hydrogen) atoms. The summed E-state index contributed by atoms with van der Waals surface area (Å²) in [6, 6.07) is 5.95. The van der Waals surface area contributed by atoms with Crippen LogP contribution in [-0.4, -0.2) is 29.3 Å². The van der Waals surface area contributed by atoms with Gasteiger partial charge in [-0.3, -0.25) is 19.7 Å². The summed E-state index contributed by atoms with van der Waals surface area (Å²) in [6.07, 6.45) is 3.86. The van der Waals surface area contributed by atoms with Crippen LogP contribution in [0.25, 0.3) is 6.08 Å². The Kier molecular flexibility index (Phi) is 4.65. The summed E-state index contributed by atoms with van der Waals surface area (Å²) in [5.41, 5.74) is 0.559. The first-order valence-corrected chi connectivity index (χ1v) is 6.54. The summed E-state index contributed by atoms with van der Waals surface area (Å²) in [5, 5.41) is 16.1. The number of hydrogen-bond acceptors (Lipinski definition) is 4. The van der Waals surface area contributed by atoms with Gasteiger partial charge >= 0.3 is 0 Å². The molecule has 0 aliphatic carbocycles. The van der Waals surface area contributed by atoms with E-state index in [1.165, 1.54) is 24.3 Å². The molecule has 2 rings (SSSR count). The molecule has 0 spiro atoms. The molecule has 1 aromatic rings. The van der Waals surface area contributed by atoms with Crippen LogP contribution in [-0.2, 0) is 9.59 Å². The van der Waals surface area contributed by atoms with E-state index in [-0.39, 0.29) is 23.5 Å². The van der Waals surface area contributed by atoms with Crippen molar-refractivity contribution in [1.29, 1.82) is 0 Å². The van der Waals surface area contributed by atoms with Crippen LogP contribution < -0.4 is 10.6 Å². The third kappa shape index (κ3) is 4.41. The Morgan fingerprint density at radius 1 is 1.48 bits per heavy atom. The lowest BCUT2D eigenvalue weighted by atomic mass is 10.1. The predicted molar refractivity (Wildman–Crippen MR) is 76.3 cm³/mol. The minimum atomic E-state index is -0.484. The van der Waals surface area contributed by atoms with Gasteiger partial charge in [-0.15, -0.1) is 0 Å². The van der Waals surface area contributed by atoms with E-state index >= 15 is 0 Å². The van der Waals surface area contributed by atoms with Gasteiger partial charge in [0, 0.05) is 37.2 Å². The van der Waals surface area contributed by atoms with Gasteiger partial charge in [-0.2, -0.15) is 0 Å². The number of nitro benzene ring substituents is 1. The predicted octanol–water partition coefficient (Wildman–Crippen LogP) is 1.00. The zero-order chi connectivity index (χ0) is 15.2. The maximum absolute atomic E-state index is 11.7. The molecule has 110 valence electrons. The Balaban J connectivity index is 1.91. The largest absolute Gasteiger partial charge is 0.354 e. The van der Waals surface area contributed by atoms with E-state index in [1.807, 2.05) is 0 Å². The number of hydrogen-bond donors (Lipinski definition) is 2. The number of benzene rings is 1. The van der Waals surface area contributed by atoms with Gasteiger partial charge in [-0.25, -0.2) is 0 Å². The van der Waals surface area contributed by atoms with Gasteiger partial charge in [0.25, 0.3) is 5.69 Å². The third-order valence-corrected chi connectivity index (χ3v) is 3.12. The second-order valence-corrected chi connectivity index (χ2v) is 4.73. The van der Waals surface area contributed by atoms with Crippen LogP contribution in [0.1, 0.15) is 18.4 Å². The fourth-order valence-corrected chi connectivity index (χ4v) is 2.02. The molecule has 2 amide bonds. The Hall–Kier alpha value is -2.70. The highest BCUT2D eigenvalue weighted by Crippen LogP contribution is 2.14. The molecule has 1 unspecified atom stereocenters. The zero-order valence-corrected chi connectivity index (χ0v) is 11.2. The quantitative estimate of drug-likeness (QED) is 0.490. The van der Waals surface area contributed by atoms with Crippen LogP contribution in [0.4, 0.5) is 5.69 Å². The van der Waals surface area contributed by atoms with Crippen molar-refractivity contribution < 1.29 is 14.5 Å². The Morgan fingerprint density at radius 2 is 2.29 bits per heavy atom. The van der Waals surface area contributed by atoms with E-state index < -0.39 is 4.92 Å². The fourth-order valence-electron chi connectivity index (χ4n) is 2.02. The number of nitrogens with one attached hydrogen (secondary N) is 2. The molecule has 2 N–H and O–H groups in total. The van der Waals surface area contributed by atoms with E-state index in [1.54, 1.807) is 12.1 Å². The molecule has 0 saturated carbocycles. The molecule has 1 heterocycles. The monoisotopic (exact) mass is 289 g/mol. The normalized spacial score (nSPS) is 18.3. The lowest BCUT2D eigenvalue weighted by Gasteiger charge is -2.22. The van der Waals surface area contributed by atoms with E-state index in [9.17, 15) is 19.7 Å². The highest BCUT2D eigenvalue weighted by Gasteiger charge is 2.18. The molecule has 7 heteroatoms. The molecule has 1 aromatic carbocycles. The first kappa shape index (κ1) is 14.7. The molecular weight excluding hydrogens is 274 g/mol. The molecule has 1 fully saturated rings. The lowest BCUT2D eigenvalue weighted by molar-refractivity contribution is -0.384. The second kappa shape index (κ2) is 6.65. The van der Waals surface area contributed by atoms with Crippen LogP contribution in [0.3, 0.4) is 0 Å². The van der Waals surface area contributed by atoms with Crippen molar-refractivity contribution in [2.75, 3.05) is 6.54 Å². The number of carbonyl (C=O) groups excluding carboxylic acids is 2. The van der Waals surface area contributed by atoms with Gasteiger partial charge in [0.1, 0.15) is 0 Å². The van der Waals surface area contributed by atoms with Gasteiger partial charge in [0.05, 0.1) is 4.92 Å². The van der Waals surface area contributed by atoms with E-state index in [2.05, 4.69) is 10.6 Å². The minimum Gasteiger partial charge on any atom is -0.354 e. The van der Waals surface area contributed by atoms with Crippen molar-refractivity contribution in [3.05, 3.63) is 46.0 Å². The van der Waals surface area contributed by atoms with Crippen molar-refractivity contribution >= 4 is 23.6 Å². The van der Waals surface area contributed by atoms with Crippen molar-refractivity contribution in [1.82, 2.24) is 10.6 Å². The molecule has 7 nitrogen and oxygen atoms in total. The number of amides is 2. The zero-order valence-electron chi connectivity index (χ0n) is 11.2. The second-order valence-electron chi connectivity index (χ2n) is 4.73. The highest BCUT2D eigenvalue weighted by atomic mass is 16.6. The molecule has 1 saturated heterocycles. The molecule has 1 aliphatic heterocycles. The average Bonchev–Trinajstić information content (AvgIpc) is 2.48. The molecule has 0 aromatic heterocycles. The van der Waals surface area contributed by atoms with Crippen LogP contribution in [0.2, 0.25) is 0 Å². The first-order valence-electron chi connectivity index (χ1n) is 6.54. The van der Waals surface area contributed by atoms with E-state index in [4.69, 9.17) is 0 Å². The molecule has 1 atom stereocenters. The summed E-state index contributed by atoms with van der Waals surface area (Å²) in [6.45, 7) is 0.426. The molecule has 0 bridgehead atoms. The SMILES string of the molecule is O=C(C=Cc1cccc([N+](=O)[O-])c1)NC1CCC(=O)NC1. The Bertz CT molecular complexity index is 588. The van der Waals surface area contributed by atoms with Crippen LogP contribution >= 0.6 is 0 Å². The van der Waals surface area contributed by atoms with E-state index in [0.717, 1.165) is 0 Å². The minimum absolute atomic E-state index is 0.00682. The van der Waals surface area contributed by atoms with Crippen LogP contribution in [0, 0.1) is 10.1 Å². The third-order valence-electron chi connectivity index (χ3n) is 3.12. The fraction of sp³-hybridized carbons (Fsp3) is 0.286. The van der Waals surface area contributed by atoms with Gasteiger partial charge in [-0.05, 0) is 18.1 Å². The van der Waals surface area contributed by atoms with Crippen molar-refractivity contribution in [2.45, 2.75) is 18.9 Å². The summed E-state index contributed by atoms with van der Waals surface area (Å²) in [5.74, 6) is -0.296. The number of carbonyl (C=O) groups is 2. The van der Waals surface area contributed by atoms with Crippen molar-refractivity contribution in [3.63, 3.8) is 0 Å². The van der Waals surface area contributed by atoms with Crippen LogP contribution in [0.15, 0.2) is 30.3 Å². The maximum atomic E-state index is 11.7. The van der Waals surface area contributed by atoms with Crippen molar-refractivity contribution in [3.8, 4) is 0 Å². The van der Waals surface area contributed by atoms with Gasteiger partial charge in [0.2, 0.25) is 11.8 Å². The standard InChI is InChI=1S/C14H15N3O4/c18-13-7-5-11(9-15-13)16-14(19)6-4-10-2-1-3-12(8-10)17(20)21/h1-4,6,8,11H,5,7,9H2,(H,15,18)(H,16,19). The topological polar surface area (TPSA) is 101 Å². The first-order chi connectivity index (χ1) is 10.0. The van der Waals surface area contributed by atoms with Gasteiger partial charge in [0.15, 0.2) is 0 Å². The van der Waals surface area contributed by atoms with E-state index in [0.29, 0.717) is 24.9 Å². The Morgan fingerprint density at radius 3 is 2.95 bits per heavy atom. The number of nitrogens with zero attached hydrogens (tertiary/aromatic N) is 1. The maximum Gasteiger partial charge on any atom is 0.270 e. The molecule has 0 radical (unpaired) electrons. The summed E-state index contributed by atoms with van der Waals surface area (Å²) in [4.78, 5) is 32.9. The average molecular weight is 289 g/mol. The summed E-state index contributed by atoms with van der Waals surface area (Å²) < 4.78 is 0. The van der Waals surface area contributed by atoms with Gasteiger partial charge < -0.3 is 10.6 Å². The number of nitro groups is 1. The number of non-ortho nitro benzene ring substituents is 1. The summed E-state index contributed by atoms with van der Waals surface area (Å²) in [7, 11) is 0. The highest BCUT2D eigenvalue weighted by molar-refractivity contribution is 5.92. The summed E-state index contributed by atoms with van der Waals surface area (Å²) >= 11 is 0. The lowest BCUT2D eigenvalue weighted by Crippen LogP contribution is -2.47. The van der Waals surface area contributed by atoms with Crippen LogP contribution in [0.5, 0.6) is 0 Å². The van der Waals surface area contributed by atoms with Gasteiger partial charge in [-0.1, -0.05) is 12.1 Å². The molecule has 1 aliphatic rings. The van der Waals surface area contributed by atoms with Crippen molar-refractivity contribution in [2.24, 2.45) is 0 Å². The number of piperidine rings is 1.